The van der Waals surface area contributed by atoms with Gasteiger partial charge in [-0.05, 0) is 29.3 Å². The summed E-state index contributed by atoms with van der Waals surface area (Å²) in [6.45, 7) is 1.64. The molecule has 5 heteroatoms. The number of halogens is 1. The molecule has 0 aromatic heterocycles. The van der Waals surface area contributed by atoms with Crippen molar-refractivity contribution in [3.05, 3.63) is 52.5 Å². The lowest BCUT2D eigenvalue weighted by Gasteiger charge is -2.10. The topological polar surface area (TPSA) is 39.7 Å². The van der Waals surface area contributed by atoms with E-state index in [0.717, 1.165) is 21.9 Å². The summed E-state index contributed by atoms with van der Waals surface area (Å²) in [5.41, 5.74) is 2.15. The zero-order chi connectivity index (χ0) is 14.7. The van der Waals surface area contributed by atoms with Crippen molar-refractivity contribution in [3.63, 3.8) is 0 Å². The van der Waals surface area contributed by atoms with Gasteiger partial charge in [-0.25, -0.2) is 0 Å². The molecule has 1 aliphatic rings. The van der Waals surface area contributed by atoms with Crippen LogP contribution in [0.4, 0.5) is 0 Å². The average Bonchev–Trinajstić information content (AvgIpc) is 2.97. The Balaban J connectivity index is 1.67. The number of fused-ring (bicyclic) bond motifs is 1. The van der Waals surface area contributed by atoms with Gasteiger partial charge in [-0.1, -0.05) is 29.8 Å². The van der Waals surface area contributed by atoms with Crippen molar-refractivity contribution in [1.82, 2.24) is 5.32 Å². The summed E-state index contributed by atoms with van der Waals surface area (Å²) in [7, 11) is 1.62. The molecule has 2 aromatic carbocycles. The maximum atomic E-state index is 6.13. The molecule has 0 unspecified atom stereocenters. The van der Waals surface area contributed by atoms with Crippen molar-refractivity contribution in [3.8, 4) is 17.2 Å². The molecule has 110 valence electrons. The molecule has 0 saturated carbocycles. The number of methoxy groups -OCH3 is 1. The van der Waals surface area contributed by atoms with Crippen LogP contribution in [0.1, 0.15) is 11.1 Å². The summed E-state index contributed by atoms with van der Waals surface area (Å²) in [4.78, 5) is 0. The molecule has 4 nitrogen and oxygen atoms in total. The molecule has 0 saturated heterocycles. The Morgan fingerprint density at radius 2 is 2.05 bits per heavy atom. The van der Waals surface area contributed by atoms with Crippen molar-refractivity contribution in [2.24, 2.45) is 0 Å². The predicted molar refractivity (Wildman–Crippen MR) is 81.1 cm³/mol. The highest BCUT2D eigenvalue weighted by Gasteiger charge is 2.19. The highest BCUT2D eigenvalue weighted by molar-refractivity contribution is 6.31. The number of rotatable bonds is 5. The molecule has 0 amide bonds. The third kappa shape index (κ3) is 3.06. The fourth-order valence-corrected chi connectivity index (χ4v) is 2.47. The Morgan fingerprint density at radius 3 is 2.86 bits per heavy atom. The van der Waals surface area contributed by atoms with E-state index in [1.54, 1.807) is 7.11 Å². The van der Waals surface area contributed by atoms with Crippen LogP contribution in [0.15, 0.2) is 36.4 Å². The van der Waals surface area contributed by atoms with Gasteiger partial charge in [0.2, 0.25) is 12.5 Å². The van der Waals surface area contributed by atoms with Crippen LogP contribution in [0.2, 0.25) is 5.02 Å². The van der Waals surface area contributed by atoms with E-state index in [4.69, 9.17) is 25.8 Å². The molecule has 3 rings (SSSR count). The highest BCUT2D eigenvalue weighted by atomic mass is 35.5. The lowest BCUT2D eigenvalue weighted by Crippen LogP contribution is -2.13. The summed E-state index contributed by atoms with van der Waals surface area (Å²) >= 11 is 6.13. The fourth-order valence-electron chi connectivity index (χ4n) is 2.27. The standard InChI is InChI=1S/C16H16ClNO3/c1-19-14-6-11(7-15-16(14)21-10-20-15)8-18-9-12-4-2-3-5-13(12)17/h2-7,18H,8-10H2,1H3. The summed E-state index contributed by atoms with van der Waals surface area (Å²) in [6, 6.07) is 11.7. The van der Waals surface area contributed by atoms with Crippen molar-refractivity contribution in [2.75, 3.05) is 13.9 Å². The molecule has 0 atom stereocenters. The van der Waals surface area contributed by atoms with E-state index in [-0.39, 0.29) is 6.79 Å². The first kappa shape index (κ1) is 14.0. The molecule has 0 aliphatic carbocycles. The lowest BCUT2D eigenvalue weighted by atomic mass is 10.1. The summed E-state index contributed by atoms with van der Waals surface area (Å²) in [5, 5.41) is 4.14. The van der Waals surface area contributed by atoms with Gasteiger partial charge >= 0.3 is 0 Å². The number of ether oxygens (including phenoxy) is 3. The Kier molecular flexibility index (Phi) is 4.18. The number of hydrogen-bond donors (Lipinski definition) is 1. The first-order chi connectivity index (χ1) is 10.3. The summed E-state index contributed by atoms with van der Waals surface area (Å²) < 4.78 is 16.1. The van der Waals surface area contributed by atoms with Gasteiger partial charge in [0, 0.05) is 18.1 Å². The van der Waals surface area contributed by atoms with Gasteiger partial charge in [-0.3, -0.25) is 0 Å². The van der Waals surface area contributed by atoms with Crippen molar-refractivity contribution >= 4 is 11.6 Å². The van der Waals surface area contributed by atoms with E-state index in [9.17, 15) is 0 Å². The number of hydrogen-bond acceptors (Lipinski definition) is 4. The van der Waals surface area contributed by atoms with Crippen LogP contribution in [0.5, 0.6) is 17.2 Å². The first-order valence-corrected chi connectivity index (χ1v) is 7.06. The van der Waals surface area contributed by atoms with Gasteiger partial charge in [-0.15, -0.1) is 0 Å². The van der Waals surface area contributed by atoms with E-state index >= 15 is 0 Å². The predicted octanol–water partition coefficient (Wildman–Crippen LogP) is 3.37. The van der Waals surface area contributed by atoms with Gasteiger partial charge < -0.3 is 19.5 Å². The Hall–Kier alpha value is -1.91. The van der Waals surface area contributed by atoms with Crippen molar-refractivity contribution in [1.29, 1.82) is 0 Å². The van der Waals surface area contributed by atoms with Gasteiger partial charge in [0.1, 0.15) is 0 Å². The Labute approximate surface area is 128 Å². The van der Waals surface area contributed by atoms with Crippen molar-refractivity contribution < 1.29 is 14.2 Å². The molecule has 0 fully saturated rings. The monoisotopic (exact) mass is 305 g/mol. The minimum atomic E-state index is 0.238. The zero-order valence-corrected chi connectivity index (χ0v) is 12.4. The van der Waals surface area contributed by atoms with Crippen molar-refractivity contribution in [2.45, 2.75) is 13.1 Å². The van der Waals surface area contributed by atoms with Gasteiger partial charge in [0.05, 0.1) is 7.11 Å². The van der Waals surface area contributed by atoms with Crippen LogP contribution < -0.4 is 19.5 Å². The molecule has 21 heavy (non-hydrogen) atoms. The van der Waals surface area contributed by atoms with Gasteiger partial charge in [-0.2, -0.15) is 0 Å². The van der Waals surface area contributed by atoms with Crippen LogP contribution in [0.25, 0.3) is 0 Å². The molecule has 1 heterocycles. The van der Waals surface area contributed by atoms with E-state index in [0.29, 0.717) is 24.6 Å². The SMILES string of the molecule is COc1cc(CNCc2ccccc2Cl)cc2c1OCO2. The second-order valence-electron chi connectivity index (χ2n) is 4.73. The molecular formula is C16H16ClNO3. The van der Waals surface area contributed by atoms with E-state index in [2.05, 4.69) is 5.32 Å². The third-order valence-electron chi connectivity index (χ3n) is 3.32. The second kappa shape index (κ2) is 6.24. The van der Waals surface area contributed by atoms with Gasteiger partial charge in [0.25, 0.3) is 0 Å². The molecule has 1 aliphatic heterocycles. The van der Waals surface area contributed by atoms with E-state index in [1.165, 1.54) is 0 Å². The minimum Gasteiger partial charge on any atom is -0.493 e. The normalized spacial score (nSPS) is 12.5. The number of benzene rings is 2. The Morgan fingerprint density at radius 1 is 1.19 bits per heavy atom. The van der Waals surface area contributed by atoms with Crippen LogP contribution in [-0.2, 0) is 13.1 Å². The summed E-state index contributed by atoms with van der Waals surface area (Å²) in [5.74, 6) is 2.09. The van der Waals surface area contributed by atoms with Crippen LogP contribution in [-0.4, -0.2) is 13.9 Å². The average molecular weight is 306 g/mol. The highest BCUT2D eigenvalue weighted by Crippen LogP contribution is 2.41. The molecule has 1 N–H and O–H groups in total. The first-order valence-electron chi connectivity index (χ1n) is 6.68. The van der Waals surface area contributed by atoms with Crippen LogP contribution in [0.3, 0.4) is 0 Å². The van der Waals surface area contributed by atoms with Crippen LogP contribution in [0, 0.1) is 0 Å². The van der Waals surface area contributed by atoms with Gasteiger partial charge in [0.15, 0.2) is 11.5 Å². The number of nitrogens with one attached hydrogen (secondary N) is 1. The minimum absolute atomic E-state index is 0.238. The smallest absolute Gasteiger partial charge is 0.231 e. The summed E-state index contributed by atoms with van der Waals surface area (Å²) in [6.07, 6.45) is 0. The lowest BCUT2D eigenvalue weighted by molar-refractivity contribution is 0.171. The Bertz CT molecular complexity index is 645. The fraction of sp³-hybridized carbons (Fsp3) is 0.250. The van der Waals surface area contributed by atoms with E-state index in [1.807, 2.05) is 36.4 Å². The third-order valence-corrected chi connectivity index (χ3v) is 3.69. The maximum Gasteiger partial charge on any atom is 0.231 e. The largest absolute Gasteiger partial charge is 0.493 e. The molecule has 0 bridgehead atoms. The maximum absolute atomic E-state index is 6.13. The molecule has 2 aromatic rings. The second-order valence-corrected chi connectivity index (χ2v) is 5.13. The molecule has 0 spiro atoms. The zero-order valence-electron chi connectivity index (χ0n) is 11.7. The molecular weight excluding hydrogens is 290 g/mol. The van der Waals surface area contributed by atoms with Crippen LogP contribution >= 0.6 is 11.6 Å². The van der Waals surface area contributed by atoms with E-state index < -0.39 is 0 Å². The molecule has 0 radical (unpaired) electrons. The quantitative estimate of drug-likeness (QED) is 0.919.